The van der Waals surface area contributed by atoms with Crippen LogP contribution in [0.2, 0.25) is 0 Å². The van der Waals surface area contributed by atoms with Crippen molar-refractivity contribution in [3.05, 3.63) is 53.8 Å². The zero-order valence-corrected chi connectivity index (χ0v) is 15.1. The van der Waals surface area contributed by atoms with Gasteiger partial charge in [-0.2, -0.15) is 0 Å². The summed E-state index contributed by atoms with van der Waals surface area (Å²) in [5, 5.41) is 0. The molecule has 2 aromatic carbocycles. The third-order valence-corrected chi connectivity index (χ3v) is 7.22. The number of aryl methyl sites for hydroxylation is 1. The Labute approximate surface area is 146 Å². The lowest BCUT2D eigenvalue weighted by molar-refractivity contribution is 0.597. The highest BCUT2D eigenvalue weighted by molar-refractivity contribution is 7.93. The Morgan fingerprint density at radius 3 is 2.36 bits per heavy atom. The van der Waals surface area contributed by atoms with E-state index in [-0.39, 0.29) is 10.6 Å². The van der Waals surface area contributed by atoms with Gasteiger partial charge in [-0.15, -0.1) is 0 Å². The minimum Gasteiger partial charge on any atom is -0.279 e. The van der Waals surface area contributed by atoms with Crippen molar-refractivity contribution in [2.45, 2.75) is 18.2 Å². The number of rotatable bonds is 4. The molecule has 0 aromatic heterocycles. The molecule has 6 nitrogen and oxygen atoms in total. The average molecular weight is 384 g/mol. The molecule has 0 radical (unpaired) electrons. The van der Waals surface area contributed by atoms with E-state index >= 15 is 0 Å². The summed E-state index contributed by atoms with van der Waals surface area (Å²) in [4.78, 5) is -0.0560. The molecule has 1 N–H and O–H groups in total. The number of halogens is 1. The fourth-order valence-electron chi connectivity index (χ4n) is 2.66. The second-order valence-corrected chi connectivity index (χ2v) is 9.50. The van der Waals surface area contributed by atoms with Crippen molar-refractivity contribution in [1.82, 2.24) is 0 Å². The van der Waals surface area contributed by atoms with Gasteiger partial charge in [0.1, 0.15) is 5.82 Å². The maximum absolute atomic E-state index is 13.0. The highest BCUT2D eigenvalue weighted by Crippen LogP contribution is 2.29. The Morgan fingerprint density at radius 2 is 1.80 bits per heavy atom. The summed E-state index contributed by atoms with van der Waals surface area (Å²) < 4.78 is 65.4. The van der Waals surface area contributed by atoms with Crippen LogP contribution in [-0.2, 0) is 20.0 Å². The predicted molar refractivity (Wildman–Crippen MR) is 94.1 cm³/mol. The molecule has 0 atom stereocenters. The normalized spacial score (nSPS) is 16.8. The number of benzene rings is 2. The molecule has 1 heterocycles. The summed E-state index contributed by atoms with van der Waals surface area (Å²) in [5.41, 5.74) is 1.44. The first kappa shape index (κ1) is 17.7. The van der Waals surface area contributed by atoms with Crippen LogP contribution in [0, 0.1) is 12.7 Å². The second-order valence-electron chi connectivity index (χ2n) is 5.80. The topological polar surface area (TPSA) is 83.6 Å². The molecule has 134 valence electrons. The standard InChI is InChI=1S/C16H17FN2O4S2/c1-12-11-14(19-9-2-10-24(19,20)21)5-8-16(12)18-25(22,23)15-6-3-13(17)4-7-15/h3-8,11,18H,2,9-10H2,1H3. The summed E-state index contributed by atoms with van der Waals surface area (Å²) in [6.07, 6.45) is 0.570. The van der Waals surface area contributed by atoms with E-state index in [1.807, 2.05) is 0 Å². The van der Waals surface area contributed by atoms with Gasteiger partial charge < -0.3 is 0 Å². The van der Waals surface area contributed by atoms with E-state index in [4.69, 9.17) is 0 Å². The van der Waals surface area contributed by atoms with Gasteiger partial charge in [0.15, 0.2) is 0 Å². The van der Waals surface area contributed by atoms with E-state index < -0.39 is 25.9 Å². The quantitative estimate of drug-likeness (QED) is 0.878. The van der Waals surface area contributed by atoms with E-state index in [1.54, 1.807) is 19.1 Å². The van der Waals surface area contributed by atoms with E-state index in [9.17, 15) is 21.2 Å². The van der Waals surface area contributed by atoms with Gasteiger partial charge in [0.2, 0.25) is 10.0 Å². The summed E-state index contributed by atoms with van der Waals surface area (Å²) in [6.45, 7) is 2.11. The molecule has 1 saturated heterocycles. The Morgan fingerprint density at radius 1 is 1.12 bits per heavy atom. The van der Waals surface area contributed by atoms with E-state index in [0.717, 1.165) is 12.1 Å². The van der Waals surface area contributed by atoms with Crippen LogP contribution in [-0.4, -0.2) is 29.1 Å². The highest BCUT2D eigenvalue weighted by Gasteiger charge is 2.28. The maximum Gasteiger partial charge on any atom is 0.261 e. The van der Waals surface area contributed by atoms with Crippen molar-refractivity contribution in [1.29, 1.82) is 0 Å². The third-order valence-electron chi connectivity index (χ3n) is 3.97. The zero-order chi connectivity index (χ0) is 18.2. The Bertz CT molecular complexity index is 1000. The van der Waals surface area contributed by atoms with Gasteiger partial charge in [-0.25, -0.2) is 21.2 Å². The number of hydrogen-bond donors (Lipinski definition) is 1. The molecular formula is C16H17FN2O4S2. The van der Waals surface area contributed by atoms with Crippen molar-refractivity contribution < 1.29 is 21.2 Å². The molecule has 2 aromatic rings. The van der Waals surface area contributed by atoms with Crippen LogP contribution in [0.4, 0.5) is 15.8 Å². The average Bonchev–Trinajstić information content (AvgIpc) is 2.89. The first-order valence-electron chi connectivity index (χ1n) is 7.58. The maximum atomic E-state index is 13.0. The minimum absolute atomic E-state index is 0.0560. The zero-order valence-electron chi connectivity index (χ0n) is 13.4. The summed E-state index contributed by atoms with van der Waals surface area (Å²) in [5.74, 6) is -0.406. The molecule has 0 unspecified atom stereocenters. The van der Waals surface area contributed by atoms with Gasteiger partial charge in [0.05, 0.1) is 22.0 Å². The Hall–Kier alpha value is -2.13. The number of anilines is 2. The number of nitrogens with zero attached hydrogens (tertiary/aromatic N) is 1. The lowest BCUT2D eigenvalue weighted by atomic mass is 10.2. The molecule has 1 fully saturated rings. The lowest BCUT2D eigenvalue weighted by Gasteiger charge is -2.19. The smallest absolute Gasteiger partial charge is 0.261 e. The van der Waals surface area contributed by atoms with Crippen molar-refractivity contribution in [3.63, 3.8) is 0 Å². The molecule has 0 bridgehead atoms. The number of hydrogen-bond acceptors (Lipinski definition) is 4. The fourth-order valence-corrected chi connectivity index (χ4v) is 5.35. The summed E-state index contributed by atoms with van der Waals surface area (Å²) >= 11 is 0. The first-order valence-corrected chi connectivity index (χ1v) is 10.7. The minimum atomic E-state index is -3.86. The Kier molecular flexibility index (Phi) is 4.46. The van der Waals surface area contributed by atoms with Crippen molar-refractivity contribution >= 4 is 31.4 Å². The van der Waals surface area contributed by atoms with Gasteiger partial charge >= 0.3 is 0 Å². The monoisotopic (exact) mass is 384 g/mol. The van der Waals surface area contributed by atoms with Crippen LogP contribution < -0.4 is 9.03 Å². The van der Waals surface area contributed by atoms with Crippen LogP contribution in [0.1, 0.15) is 12.0 Å². The molecular weight excluding hydrogens is 367 g/mol. The lowest BCUT2D eigenvalue weighted by Crippen LogP contribution is -2.25. The third kappa shape index (κ3) is 3.62. The number of nitrogens with one attached hydrogen (secondary N) is 1. The van der Waals surface area contributed by atoms with Crippen LogP contribution in [0.15, 0.2) is 47.4 Å². The van der Waals surface area contributed by atoms with Crippen molar-refractivity contribution in [2.75, 3.05) is 21.3 Å². The van der Waals surface area contributed by atoms with E-state index in [2.05, 4.69) is 4.72 Å². The Balaban J connectivity index is 1.88. The van der Waals surface area contributed by atoms with Crippen LogP contribution >= 0.6 is 0 Å². The molecule has 0 amide bonds. The highest BCUT2D eigenvalue weighted by atomic mass is 32.2. The van der Waals surface area contributed by atoms with Crippen LogP contribution in [0.5, 0.6) is 0 Å². The van der Waals surface area contributed by atoms with Gasteiger partial charge in [-0.3, -0.25) is 9.03 Å². The fraction of sp³-hybridized carbons (Fsp3) is 0.250. The van der Waals surface area contributed by atoms with Gasteiger partial charge in [0, 0.05) is 6.54 Å². The molecule has 0 spiro atoms. The predicted octanol–water partition coefficient (Wildman–Crippen LogP) is 2.47. The molecule has 1 aliphatic rings. The van der Waals surface area contributed by atoms with Crippen LogP contribution in [0.3, 0.4) is 0 Å². The first-order chi connectivity index (χ1) is 11.7. The summed E-state index contributed by atoms with van der Waals surface area (Å²) in [7, 11) is -7.15. The van der Waals surface area contributed by atoms with Crippen molar-refractivity contribution in [3.8, 4) is 0 Å². The molecule has 1 aliphatic heterocycles. The SMILES string of the molecule is Cc1cc(N2CCCS2(=O)=O)ccc1NS(=O)(=O)c1ccc(F)cc1. The summed E-state index contributed by atoms with van der Waals surface area (Å²) in [6, 6.07) is 9.23. The second kappa shape index (κ2) is 6.30. The van der Waals surface area contributed by atoms with Gasteiger partial charge in [0.25, 0.3) is 10.0 Å². The van der Waals surface area contributed by atoms with Crippen LogP contribution in [0.25, 0.3) is 0 Å². The van der Waals surface area contributed by atoms with Gasteiger partial charge in [-0.1, -0.05) is 0 Å². The molecule has 9 heteroatoms. The largest absolute Gasteiger partial charge is 0.279 e. The van der Waals surface area contributed by atoms with E-state index in [0.29, 0.717) is 29.9 Å². The molecule has 0 saturated carbocycles. The van der Waals surface area contributed by atoms with E-state index in [1.165, 1.54) is 22.5 Å². The van der Waals surface area contributed by atoms with Gasteiger partial charge in [-0.05, 0) is 61.4 Å². The molecule has 25 heavy (non-hydrogen) atoms. The molecule has 0 aliphatic carbocycles. The number of sulfonamides is 2. The molecule has 3 rings (SSSR count). The van der Waals surface area contributed by atoms with Crippen molar-refractivity contribution in [2.24, 2.45) is 0 Å².